The van der Waals surface area contributed by atoms with Gasteiger partial charge in [-0.25, -0.2) is 0 Å². The van der Waals surface area contributed by atoms with E-state index in [1.54, 1.807) is 28.4 Å². The van der Waals surface area contributed by atoms with Gasteiger partial charge in [0.1, 0.15) is 17.2 Å². The Kier molecular flexibility index (Phi) is 12.6. The Bertz CT molecular complexity index is 585. The van der Waals surface area contributed by atoms with Gasteiger partial charge in [0.15, 0.2) is 5.96 Å². The van der Waals surface area contributed by atoms with Crippen LogP contribution in [0.3, 0.4) is 0 Å². The molecule has 0 unspecified atom stereocenters. The first-order valence-electron chi connectivity index (χ1n) is 10.1. The van der Waals surface area contributed by atoms with E-state index < -0.39 is 0 Å². The Morgan fingerprint density at radius 3 is 2.24 bits per heavy atom. The van der Waals surface area contributed by atoms with Crippen LogP contribution in [0.1, 0.15) is 18.9 Å². The van der Waals surface area contributed by atoms with Gasteiger partial charge in [-0.3, -0.25) is 4.99 Å². The molecular formula is C21H38N4O4. The second kappa shape index (κ2) is 14.8. The van der Waals surface area contributed by atoms with Gasteiger partial charge in [-0.05, 0) is 26.8 Å². The first kappa shape index (κ1) is 24.8. The minimum absolute atomic E-state index is 0.703. The molecule has 0 heterocycles. The predicted octanol–water partition coefficient (Wildman–Crippen LogP) is 1.78. The molecule has 0 fully saturated rings. The van der Waals surface area contributed by atoms with Crippen molar-refractivity contribution in [2.75, 3.05) is 74.8 Å². The lowest BCUT2D eigenvalue weighted by Crippen LogP contribution is -2.39. The van der Waals surface area contributed by atoms with Crippen LogP contribution in [0, 0.1) is 0 Å². The fraction of sp³-hybridized carbons (Fsp3) is 0.667. The van der Waals surface area contributed by atoms with Gasteiger partial charge in [0.2, 0.25) is 0 Å². The third kappa shape index (κ3) is 9.23. The molecule has 0 saturated carbocycles. The van der Waals surface area contributed by atoms with Gasteiger partial charge >= 0.3 is 0 Å². The molecule has 0 aliphatic carbocycles. The maximum absolute atomic E-state index is 5.52. The van der Waals surface area contributed by atoms with Crippen molar-refractivity contribution in [3.05, 3.63) is 17.7 Å². The van der Waals surface area contributed by atoms with Crippen LogP contribution in [-0.4, -0.2) is 85.7 Å². The number of benzene rings is 1. The highest BCUT2D eigenvalue weighted by molar-refractivity contribution is 5.79. The summed E-state index contributed by atoms with van der Waals surface area (Å²) in [5.74, 6) is 3.02. The van der Waals surface area contributed by atoms with Gasteiger partial charge in [-0.15, -0.1) is 0 Å². The summed E-state index contributed by atoms with van der Waals surface area (Å²) in [6, 6.07) is 3.74. The molecule has 0 atom stereocenters. The van der Waals surface area contributed by atoms with Crippen molar-refractivity contribution in [3.8, 4) is 17.2 Å². The summed E-state index contributed by atoms with van der Waals surface area (Å²) in [4.78, 5) is 6.93. The second-order valence-electron chi connectivity index (χ2n) is 6.60. The van der Waals surface area contributed by atoms with Crippen LogP contribution >= 0.6 is 0 Å². The minimum Gasteiger partial charge on any atom is -0.496 e. The van der Waals surface area contributed by atoms with Crippen molar-refractivity contribution in [2.24, 2.45) is 4.99 Å². The molecule has 166 valence electrons. The van der Waals surface area contributed by atoms with E-state index in [0.29, 0.717) is 12.3 Å². The molecule has 1 aromatic carbocycles. The lowest BCUT2D eigenvalue weighted by Gasteiger charge is -2.17. The molecule has 8 nitrogen and oxygen atoms in total. The number of nitrogens with zero attached hydrogens (tertiary/aromatic N) is 2. The first-order valence-corrected chi connectivity index (χ1v) is 10.1. The second-order valence-corrected chi connectivity index (χ2v) is 6.60. The van der Waals surface area contributed by atoms with E-state index in [-0.39, 0.29) is 0 Å². The van der Waals surface area contributed by atoms with Crippen LogP contribution in [0.4, 0.5) is 0 Å². The molecule has 0 saturated heterocycles. The van der Waals surface area contributed by atoms with Crippen molar-refractivity contribution >= 4 is 5.96 Å². The molecule has 0 aliphatic rings. The van der Waals surface area contributed by atoms with Crippen LogP contribution in [-0.2, 0) is 11.2 Å². The summed E-state index contributed by atoms with van der Waals surface area (Å²) in [6.07, 6.45) is 1.76. The van der Waals surface area contributed by atoms with Gasteiger partial charge in [0.05, 0.1) is 27.9 Å². The highest BCUT2D eigenvalue weighted by atomic mass is 16.5. The van der Waals surface area contributed by atoms with E-state index in [1.807, 2.05) is 12.1 Å². The third-order valence-corrected chi connectivity index (χ3v) is 4.47. The van der Waals surface area contributed by atoms with E-state index in [2.05, 4.69) is 34.5 Å². The monoisotopic (exact) mass is 410 g/mol. The van der Waals surface area contributed by atoms with E-state index in [1.165, 1.54) is 0 Å². The first-order chi connectivity index (χ1) is 14.1. The molecule has 2 N–H and O–H groups in total. The summed E-state index contributed by atoms with van der Waals surface area (Å²) in [7, 11) is 8.77. The van der Waals surface area contributed by atoms with E-state index in [0.717, 1.165) is 68.6 Å². The molecular weight excluding hydrogens is 372 g/mol. The number of aliphatic imine (C=N–C) groups is 1. The smallest absolute Gasteiger partial charge is 0.191 e. The van der Waals surface area contributed by atoms with Crippen LogP contribution in [0.15, 0.2) is 17.1 Å². The van der Waals surface area contributed by atoms with Gasteiger partial charge < -0.3 is 34.5 Å². The van der Waals surface area contributed by atoms with Gasteiger partial charge in [0, 0.05) is 57.6 Å². The molecule has 0 aliphatic heterocycles. The topological polar surface area (TPSA) is 76.6 Å². The molecule has 0 radical (unpaired) electrons. The highest BCUT2D eigenvalue weighted by Crippen LogP contribution is 2.34. The van der Waals surface area contributed by atoms with Crippen LogP contribution in [0.2, 0.25) is 0 Å². The zero-order valence-corrected chi connectivity index (χ0v) is 18.8. The molecule has 0 spiro atoms. The van der Waals surface area contributed by atoms with Crippen molar-refractivity contribution in [3.63, 3.8) is 0 Å². The summed E-state index contributed by atoms with van der Waals surface area (Å²) in [6.45, 7) is 7.00. The van der Waals surface area contributed by atoms with Gasteiger partial charge in [-0.1, -0.05) is 0 Å². The zero-order valence-electron chi connectivity index (χ0n) is 18.8. The molecule has 1 rings (SSSR count). The molecule has 0 aromatic heterocycles. The van der Waals surface area contributed by atoms with Crippen LogP contribution in [0.25, 0.3) is 0 Å². The standard InChI is InChI=1S/C21H38N4O4/c1-7-22-21(24-11-13-25(2)12-8-14-26-3)23-10-9-18-19(28-5)15-17(27-4)16-20(18)29-6/h15-16H,7-14H2,1-6H3,(H2,22,23,24). The molecule has 29 heavy (non-hydrogen) atoms. The Morgan fingerprint density at radius 2 is 1.69 bits per heavy atom. The number of ether oxygens (including phenoxy) is 4. The number of methoxy groups -OCH3 is 4. The number of likely N-dealkylation sites (N-methyl/N-ethyl adjacent to an activating group) is 1. The van der Waals surface area contributed by atoms with Crippen LogP contribution in [0.5, 0.6) is 17.2 Å². The van der Waals surface area contributed by atoms with Gasteiger partial charge in [0.25, 0.3) is 0 Å². The number of nitrogens with one attached hydrogen (secondary N) is 2. The lowest BCUT2D eigenvalue weighted by molar-refractivity contribution is 0.180. The van der Waals surface area contributed by atoms with E-state index in [9.17, 15) is 0 Å². The largest absolute Gasteiger partial charge is 0.496 e. The lowest BCUT2D eigenvalue weighted by atomic mass is 10.1. The Hall–Kier alpha value is -2.19. The number of hydrogen-bond acceptors (Lipinski definition) is 6. The maximum atomic E-state index is 5.52. The molecule has 0 amide bonds. The van der Waals surface area contributed by atoms with Gasteiger partial charge in [-0.2, -0.15) is 0 Å². The normalized spacial score (nSPS) is 11.5. The Labute approximate surface area is 175 Å². The summed E-state index contributed by atoms with van der Waals surface area (Å²) in [5, 5.41) is 6.67. The fourth-order valence-electron chi connectivity index (χ4n) is 2.90. The maximum Gasteiger partial charge on any atom is 0.191 e. The zero-order chi connectivity index (χ0) is 21.5. The van der Waals surface area contributed by atoms with Crippen molar-refractivity contribution in [1.29, 1.82) is 0 Å². The van der Waals surface area contributed by atoms with Crippen molar-refractivity contribution in [2.45, 2.75) is 19.8 Å². The fourth-order valence-corrected chi connectivity index (χ4v) is 2.90. The average molecular weight is 411 g/mol. The summed E-state index contributed by atoms with van der Waals surface area (Å²) >= 11 is 0. The highest BCUT2D eigenvalue weighted by Gasteiger charge is 2.13. The van der Waals surface area contributed by atoms with E-state index in [4.69, 9.17) is 18.9 Å². The van der Waals surface area contributed by atoms with E-state index >= 15 is 0 Å². The third-order valence-electron chi connectivity index (χ3n) is 4.47. The predicted molar refractivity (Wildman–Crippen MR) is 118 cm³/mol. The number of hydrogen-bond donors (Lipinski definition) is 2. The number of rotatable bonds is 14. The quantitative estimate of drug-likeness (QED) is 0.275. The SMILES string of the molecule is CCNC(=NCCN(C)CCCOC)NCCc1c(OC)cc(OC)cc1OC. The Morgan fingerprint density at radius 1 is 1.00 bits per heavy atom. The Balaban J connectivity index is 2.62. The average Bonchev–Trinajstić information content (AvgIpc) is 2.73. The summed E-state index contributed by atoms with van der Waals surface area (Å²) < 4.78 is 21.4. The van der Waals surface area contributed by atoms with Crippen molar-refractivity contribution < 1.29 is 18.9 Å². The minimum atomic E-state index is 0.703. The van der Waals surface area contributed by atoms with Crippen LogP contribution < -0.4 is 24.8 Å². The van der Waals surface area contributed by atoms with Crippen molar-refractivity contribution in [1.82, 2.24) is 15.5 Å². The molecule has 1 aromatic rings. The molecule has 8 heteroatoms. The number of guanidine groups is 1. The molecule has 0 bridgehead atoms. The summed E-state index contributed by atoms with van der Waals surface area (Å²) in [5.41, 5.74) is 0.997.